The minimum Gasteiger partial charge on any atom is -0.365 e. The van der Waals surface area contributed by atoms with Gasteiger partial charge in [-0.05, 0) is 31.2 Å². The highest BCUT2D eigenvalue weighted by molar-refractivity contribution is 6.31. The third kappa shape index (κ3) is 2.82. The summed E-state index contributed by atoms with van der Waals surface area (Å²) in [6, 6.07) is 2.06. The van der Waals surface area contributed by atoms with E-state index in [9.17, 15) is 4.39 Å². The van der Waals surface area contributed by atoms with E-state index in [1.54, 1.807) is 18.5 Å². The van der Waals surface area contributed by atoms with E-state index in [1.807, 2.05) is 0 Å². The SMILES string of the molecule is CC1CCC(Nc2nc(-c3c[nH]c4ncc(Cl)cc34)ncc2F)C1. The predicted octanol–water partition coefficient (Wildman–Crippen LogP) is 4.41. The van der Waals surface area contributed by atoms with Crippen molar-refractivity contribution in [2.45, 2.75) is 32.2 Å². The van der Waals surface area contributed by atoms with E-state index in [4.69, 9.17) is 11.6 Å². The van der Waals surface area contributed by atoms with E-state index in [-0.39, 0.29) is 11.9 Å². The molecule has 4 rings (SSSR count). The third-order valence-electron chi connectivity index (χ3n) is 4.52. The van der Waals surface area contributed by atoms with Crippen molar-refractivity contribution in [3.63, 3.8) is 0 Å². The summed E-state index contributed by atoms with van der Waals surface area (Å²) in [4.78, 5) is 15.8. The molecule has 1 saturated carbocycles. The molecule has 0 saturated heterocycles. The van der Waals surface area contributed by atoms with Gasteiger partial charge in [0.15, 0.2) is 17.5 Å². The van der Waals surface area contributed by atoms with Gasteiger partial charge in [0.25, 0.3) is 0 Å². The molecule has 1 fully saturated rings. The van der Waals surface area contributed by atoms with Crippen LogP contribution in [-0.2, 0) is 0 Å². The van der Waals surface area contributed by atoms with Crippen molar-refractivity contribution in [3.8, 4) is 11.4 Å². The molecular formula is C17H17ClFN5. The zero-order valence-corrected chi connectivity index (χ0v) is 13.9. The maximum atomic E-state index is 14.1. The van der Waals surface area contributed by atoms with Gasteiger partial charge < -0.3 is 10.3 Å². The summed E-state index contributed by atoms with van der Waals surface area (Å²) in [5.41, 5.74) is 1.45. The zero-order valence-electron chi connectivity index (χ0n) is 13.2. The molecule has 1 aliphatic carbocycles. The predicted molar refractivity (Wildman–Crippen MR) is 92.5 cm³/mol. The van der Waals surface area contributed by atoms with Crippen LogP contribution in [0.1, 0.15) is 26.2 Å². The lowest BCUT2D eigenvalue weighted by Crippen LogP contribution is -2.17. The Morgan fingerprint density at radius 1 is 1.29 bits per heavy atom. The minimum absolute atomic E-state index is 0.253. The number of hydrogen-bond acceptors (Lipinski definition) is 4. The largest absolute Gasteiger partial charge is 0.365 e. The summed E-state index contributed by atoms with van der Waals surface area (Å²) in [5, 5.41) is 4.57. The number of fused-ring (bicyclic) bond motifs is 1. The van der Waals surface area contributed by atoms with Crippen LogP contribution >= 0.6 is 11.6 Å². The smallest absolute Gasteiger partial charge is 0.183 e. The van der Waals surface area contributed by atoms with Gasteiger partial charge in [-0.2, -0.15) is 0 Å². The first kappa shape index (κ1) is 15.3. The molecular weight excluding hydrogens is 329 g/mol. The maximum absolute atomic E-state index is 14.1. The number of H-pyrrole nitrogens is 1. The Morgan fingerprint density at radius 3 is 2.96 bits per heavy atom. The number of anilines is 1. The van der Waals surface area contributed by atoms with Gasteiger partial charge in [0.1, 0.15) is 5.65 Å². The van der Waals surface area contributed by atoms with Crippen LogP contribution in [0.5, 0.6) is 0 Å². The van der Waals surface area contributed by atoms with Gasteiger partial charge in [-0.15, -0.1) is 0 Å². The quantitative estimate of drug-likeness (QED) is 0.737. The molecule has 0 aliphatic heterocycles. The molecule has 2 unspecified atom stereocenters. The van der Waals surface area contributed by atoms with Crippen molar-refractivity contribution >= 4 is 28.5 Å². The summed E-state index contributed by atoms with van der Waals surface area (Å²) < 4.78 is 14.1. The Bertz CT molecular complexity index is 894. The second kappa shape index (κ2) is 6.02. The van der Waals surface area contributed by atoms with Crippen molar-refractivity contribution < 1.29 is 4.39 Å². The van der Waals surface area contributed by atoms with Crippen molar-refractivity contribution in [2.75, 3.05) is 5.32 Å². The van der Waals surface area contributed by atoms with Crippen LogP contribution in [0, 0.1) is 11.7 Å². The van der Waals surface area contributed by atoms with Gasteiger partial charge in [0, 0.05) is 29.4 Å². The van der Waals surface area contributed by atoms with Crippen molar-refractivity contribution in [3.05, 3.63) is 35.5 Å². The Balaban J connectivity index is 1.70. The van der Waals surface area contributed by atoms with Crippen molar-refractivity contribution in [1.82, 2.24) is 19.9 Å². The molecule has 0 bridgehead atoms. The van der Waals surface area contributed by atoms with Gasteiger partial charge >= 0.3 is 0 Å². The van der Waals surface area contributed by atoms with Crippen LogP contribution < -0.4 is 5.32 Å². The Labute approximate surface area is 143 Å². The number of rotatable bonds is 3. The highest BCUT2D eigenvalue weighted by Gasteiger charge is 2.23. The molecule has 5 nitrogen and oxygen atoms in total. The Morgan fingerprint density at radius 2 is 2.17 bits per heavy atom. The fourth-order valence-corrected chi connectivity index (χ4v) is 3.45. The molecule has 124 valence electrons. The van der Waals surface area contributed by atoms with Gasteiger partial charge in [-0.25, -0.2) is 19.3 Å². The van der Waals surface area contributed by atoms with E-state index >= 15 is 0 Å². The fourth-order valence-electron chi connectivity index (χ4n) is 3.29. The van der Waals surface area contributed by atoms with Crippen molar-refractivity contribution in [2.24, 2.45) is 5.92 Å². The molecule has 2 N–H and O–H groups in total. The number of halogens is 2. The summed E-state index contributed by atoms with van der Waals surface area (Å²) in [6.07, 6.45) is 7.77. The molecule has 3 aromatic heterocycles. The van der Waals surface area contributed by atoms with E-state index in [1.165, 1.54) is 6.20 Å². The lowest BCUT2D eigenvalue weighted by atomic mass is 10.1. The number of hydrogen-bond donors (Lipinski definition) is 2. The first-order chi connectivity index (χ1) is 11.6. The van der Waals surface area contributed by atoms with E-state index in [2.05, 4.69) is 32.2 Å². The van der Waals surface area contributed by atoms with Crippen LogP contribution in [0.15, 0.2) is 24.7 Å². The molecule has 1 aliphatic rings. The fraction of sp³-hybridized carbons (Fsp3) is 0.353. The number of aromatic nitrogens is 4. The van der Waals surface area contributed by atoms with E-state index in [0.717, 1.165) is 30.2 Å². The molecule has 2 atom stereocenters. The summed E-state index contributed by atoms with van der Waals surface area (Å²) in [7, 11) is 0. The summed E-state index contributed by atoms with van der Waals surface area (Å²) in [6.45, 7) is 2.21. The van der Waals surface area contributed by atoms with E-state index < -0.39 is 5.82 Å². The first-order valence-corrected chi connectivity index (χ1v) is 8.40. The topological polar surface area (TPSA) is 66.5 Å². The molecule has 0 amide bonds. The molecule has 0 spiro atoms. The van der Waals surface area contributed by atoms with Gasteiger partial charge in [0.05, 0.1) is 11.2 Å². The number of pyridine rings is 1. The normalized spacial score (nSPS) is 20.6. The average molecular weight is 346 g/mol. The Hall–Kier alpha value is -2.21. The minimum atomic E-state index is -0.436. The van der Waals surface area contributed by atoms with Crippen LogP contribution in [0.3, 0.4) is 0 Å². The van der Waals surface area contributed by atoms with Gasteiger partial charge in [-0.3, -0.25) is 0 Å². The number of aromatic amines is 1. The van der Waals surface area contributed by atoms with E-state index in [0.29, 0.717) is 22.4 Å². The maximum Gasteiger partial charge on any atom is 0.183 e. The highest BCUT2D eigenvalue weighted by Crippen LogP contribution is 2.30. The summed E-state index contributed by atoms with van der Waals surface area (Å²) in [5.74, 6) is 0.923. The Kier molecular flexibility index (Phi) is 3.84. The van der Waals surface area contributed by atoms with Gasteiger partial charge in [0.2, 0.25) is 0 Å². The number of nitrogens with one attached hydrogen (secondary N) is 2. The van der Waals surface area contributed by atoms with Crippen molar-refractivity contribution in [1.29, 1.82) is 0 Å². The van der Waals surface area contributed by atoms with Gasteiger partial charge in [-0.1, -0.05) is 18.5 Å². The summed E-state index contributed by atoms with van der Waals surface area (Å²) >= 11 is 6.03. The molecule has 24 heavy (non-hydrogen) atoms. The molecule has 7 heteroatoms. The zero-order chi connectivity index (χ0) is 16.7. The molecule has 3 heterocycles. The number of nitrogens with zero attached hydrogens (tertiary/aromatic N) is 3. The highest BCUT2D eigenvalue weighted by atomic mass is 35.5. The lowest BCUT2D eigenvalue weighted by Gasteiger charge is -2.14. The average Bonchev–Trinajstić information content (AvgIpc) is 3.15. The van der Waals surface area contributed by atoms with Crippen LogP contribution in [-0.4, -0.2) is 26.0 Å². The van der Waals surface area contributed by atoms with Crippen LogP contribution in [0.4, 0.5) is 10.2 Å². The molecule has 0 radical (unpaired) electrons. The first-order valence-electron chi connectivity index (χ1n) is 8.02. The third-order valence-corrected chi connectivity index (χ3v) is 4.73. The second-order valence-corrected chi connectivity index (χ2v) is 6.84. The second-order valence-electron chi connectivity index (χ2n) is 6.40. The van der Waals surface area contributed by atoms with Crippen LogP contribution in [0.25, 0.3) is 22.4 Å². The molecule has 3 aromatic rings. The van der Waals surface area contributed by atoms with Crippen LogP contribution in [0.2, 0.25) is 5.02 Å². The monoisotopic (exact) mass is 345 g/mol. The standard InChI is InChI=1S/C17H17ClFN5/c1-9-2-3-11(4-9)23-17-14(19)8-22-16(24-17)13-7-21-15-12(13)5-10(18)6-20-15/h5-9,11H,2-4H2,1H3,(H,20,21)(H,22,23,24). The lowest BCUT2D eigenvalue weighted by molar-refractivity contribution is 0.593. The molecule has 0 aromatic carbocycles.